The van der Waals surface area contributed by atoms with Gasteiger partial charge in [0.15, 0.2) is 11.6 Å². The van der Waals surface area contributed by atoms with Gasteiger partial charge in [-0.2, -0.15) is 0 Å². The highest BCUT2D eigenvalue weighted by molar-refractivity contribution is 7.99. The van der Waals surface area contributed by atoms with Crippen LogP contribution in [0, 0.1) is 24.5 Å². The second-order valence-corrected chi connectivity index (χ2v) is 9.75. The number of hydrogen-bond donors (Lipinski definition) is 0. The number of thioether (sulfide) groups is 1. The molecule has 3 heteroatoms. The van der Waals surface area contributed by atoms with E-state index in [0.29, 0.717) is 22.3 Å². The molecule has 3 aromatic rings. The van der Waals surface area contributed by atoms with Crippen LogP contribution in [0.4, 0.5) is 8.78 Å². The molecule has 0 saturated carbocycles. The zero-order valence-electron chi connectivity index (χ0n) is 19.5. The summed E-state index contributed by atoms with van der Waals surface area (Å²) < 4.78 is 29.7. The van der Waals surface area contributed by atoms with Crippen molar-refractivity contribution in [1.29, 1.82) is 0 Å². The Morgan fingerprint density at radius 1 is 0.719 bits per heavy atom. The first-order chi connectivity index (χ1) is 15.5. The molecule has 0 aliphatic carbocycles. The SMILES string of the molecule is CCCC(CC)CCCCSc1ccc(-c2ccc(-c3ccc(C)cc3)c(F)c2F)cc1. The molecule has 0 saturated heterocycles. The smallest absolute Gasteiger partial charge is 0.167 e. The highest BCUT2D eigenvalue weighted by Gasteiger charge is 2.16. The van der Waals surface area contributed by atoms with Crippen LogP contribution in [-0.4, -0.2) is 5.75 Å². The lowest BCUT2D eigenvalue weighted by molar-refractivity contribution is 0.418. The summed E-state index contributed by atoms with van der Waals surface area (Å²) in [6.07, 6.45) is 7.72. The van der Waals surface area contributed by atoms with Gasteiger partial charge in [-0.25, -0.2) is 8.78 Å². The molecule has 1 unspecified atom stereocenters. The fourth-order valence-corrected chi connectivity index (χ4v) is 5.06. The van der Waals surface area contributed by atoms with E-state index in [1.165, 1.54) is 43.4 Å². The van der Waals surface area contributed by atoms with E-state index in [0.717, 1.165) is 17.2 Å². The quantitative estimate of drug-likeness (QED) is 0.206. The minimum Gasteiger partial charge on any atom is -0.203 e. The summed E-state index contributed by atoms with van der Waals surface area (Å²) >= 11 is 1.84. The van der Waals surface area contributed by atoms with Crippen LogP contribution < -0.4 is 0 Å². The maximum atomic E-state index is 14.9. The zero-order valence-corrected chi connectivity index (χ0v) is 20.3. The minimum absolute atomic E-state index is 0.294. The van der Waals surface area contributed by atoms with Gasteiger partial charge in [-0.1, -0.05) is 100 Å². The Hall–Kier alpha value is -2.13. The van der Waals surface area contributed by atoms with Crippen molar-refractivity contribution in [3.05, 3.63) is 77.9 Å². The highest BCUT2D eigenvalue weighted by Crippen LogP contribution is 2.32. The second-order valence-electron chi connectivity index (χ2n) is 8.59. The van der Waals surface area contributed by atoms with Gasteiger partial charge in [0.25, 0.3) is 0 Å². The highest BCUT2D eigenvalue weighted by atomic mass is 32.2. The van der Waals surface area contributed by atoms with Crippen molar-refractivity contribution in [3.8, 4) is 22.3 Å². The fourth-order valence-electron chi connectivity index (χ4n) is 4.15. The molecule has 0 aromatic heterocycles. The van der Waals surface area contributed by atoms with E-state index in [1.54, 1.807) is 12.1 Å². The van der Waals surface area contributed by atoms with Crippen LogP contribution >= 0.6 is 11.8 Å². The molecular weight excluding hydrogens is 418 g/mol. The van der Waals surface area contributed by atoms with Crippen LogP contribution in [0.1, 0.15) is 57.9 Å². The van der Waals surface area contributed by atoms with Crippen molar-refractivity contribution < 1.29 is 8.78 Å². The zero-order chi connectivity index (χ0) is 22.9. The Balaban J connectivity index is 1.60. The van der Waals surface area contributed by atoms with Gasteiger partial charge in [-0.3, -0.25) is 0 Å². The van der Waals surface area contributed by atoms with Gasteiger partial charge in [0.05, 0.1) is 0 Å². The molecule has 1 atom stereocenters. The minimum atomic E-state index is -0.793. The van der Waals surface area contributed by atoms with Crippen molar-refractivity contribution in [2.75, 3.05) is 5.75 Å². The summed E-state index contributed by atoms with van der Waals surface area (Å²) in [4.78, 5) is 1.17. The Kier molecular flexibility index (Phi) is 9.35. The average Bonchev–Trinajstić information content (AvgIpc) is 2.81. The molecule has 0 radical (unpaired) electrons. The molecule has 3 aromatic carbocycles. The topological polar surface area (TPSA) is 0 Å². The number of benzene rings is 3. The van der Waals surface area contributed by atoms with Gasteiger partial charge in [0.1, 0.15) is 0 Å². The molecule has 0 amide bonds. The van der Waals surface area contributed by atoms with Gasteiger partial charge < -0.3 is 0 Å². The van der Waals surface area contributed by atoms with Crippen molar-refractivity contribution in [3.63, 3.8) is 0 Å². The maximum Gasteiger partial charge on any atom is 0.167 e. The predicted octanol–water partition coefficient (Wildman–Crippen LogP) is 9.70. The molecule has 0 spiro atoms. The molecule has 0 N–H and O–H groups in total. The van der Waals surface area contributed by atoms with Crippen LogP contribution in [0.2, 0.25) is 0 Å². The Morgan fingerprint density at radius 3 is 1.81 bits per heavy atom. The van der Waals surface area contributed by atoms with E-state index in [9.17, 15) is 8.78 Å². The largest absolute Gasteiger partial charge is 0.203 e. The normalized spacial score (nSPS) is 12.2. The first-order valence-electron chi connectivity index (χ1n) is 11.8. The van der Waals surface area contributed by atoms with Crippen LogP contribution in [0.25, 0.3) is 22.3 Å². The van der Waals surface area contributed by atoms with Crippen molar-refractivity contribution in [2.24, 2.45) is 5.92 Å². The second kappa shape index (κ2) is 12.2. The molecule has 0 aliphatic heterocycles. The third-order valence-electron chi connectivity index (χ3n) is 6.16. The Bertz CT molecular complexity index is 977. The average molecular weight is 453 g/mol. The van der Waals surface area contributed by atoms with E-state index < -0.39 is 11.6 Å². The summed E-state index contributed by atoms with van der Waals surface area (Å²) in [6.45, 7) is 6.53. The first-order valence-corrected chi connectivity index (χ1v) is 12.8. The predicted molar refractivity (Wildman–Crippen MR) is 135 cm³/mol. The van der Waals surface area contributed by atoms with Crippen LogP contribution in [0.15, 0.2) is 65.6 Å². The van der Waals surface area contributed by atoms with Gasteiger partial charge in [-0.15, -0.1) is 11.8 Å². The monoisotopic (exact) mass is 452 g/mol. The van der Waals surface area contributed by atoms with Gasteiger partial charge >= 0.3 is 0 Å². The van der Waals surface area contributed by atoms with E-state index in [1.807, 2.05) is 67.2 Å². The van der Waals surface area contributed by atoms with Gasteiger partial charge in [0.2, 0.25) is 0 Å². The molecule has 3 rings (SSSR count). The van der Waals surface area contributed by atoms with E-state index >= 15 is 0 Å². The number of rotatable bonds is 11. The first kappa shape index (κ1) is 24.5. The molecule has 170 valence electrons. The van der Waals surface area contributed by atoms with E-state index in [4.69, 9.17) is 0 Å². The summed E-state index contributed by atoms with van der Waals surface area (Å²) in [5.41, 5.74) is 3.07. The van der Waals surface area contributed by atoms with Crippen LogP contribution in [0.5, 0.6) is 0 Å². The van der Waals surface area contributed by atoms with Crippen molar-refractivity contribution in [2.45, 2.75) is 64.2 Å². The van der Waals surface area contributed by atoms with E-state index in [-0.39, 0.29) is 0 Å². The fraction of sp³-hybridized carbons (Fsp3) is 0.379. The molecule has 0 heterocycles. The van der Waals surface area contributed by atoms with Crippen molar-refractivity contribution in [1.82, 2.24) is 0 Å². The Labute approximate surface area is 196 Å². The van der Waals surface area contributed by atoms with Gasteiger partial charge in [0, 0.05) is 16.0 Å². The third-order valence-corrected chi connectivity index (χ3v) is 7.26. The Morgan fingerprint density at radius 2 is 1.28 bits per heavy atom. The standard InChI is InChI=1S/C29H34F2S/c1-4-8-22(5-2)9-6-7-20-32-25-16-14-24(15-17-25)27-19-18-26(28(30)29(27)31)23-12-10-21(3)11-13-23/h10-19,22H,4-9,20H2,1-3H3. The van der Waals surface area contributed by atoms with Crippen molar-refractivity contribution >= 4 is 11.8 Å². The van der Waals surface area contributed by atoms with Gasteiger partial charge in [-0.05, 0) is 48.3 Å². The lowest BCUT2D eigenvalue weighted by atomic mass is 9.95. The molecule has 0 bridgehead atoms. The molecule has 32 heavy (non-hydrogen) atoms. The number of aryl methyl sites for hydroxylation is 1. The van der Waals surface area contributed by atoms with Crippen LogP contribution in [-0.2, 0) is 0 Å². The summed E-state index contributed by atoms with van der Waals surface area (Å²) in [6, 6.07) is 18.6. The molecular formula is C29H34F2S. The maximum absolute atomic E-state index is 14.9. The third kappa shape index (κ3) is 6.45. The molecule has 0 fully saturated rings. The number of unbranched alkanes of at least 4 members (excludes halogenated alkanes) is 1. The number of hydrogen-bond acceptors (Lipinski definition) is 1. The van der Waals surface area contributed by atoms with Crippen LogP contribution in [0.3, 0.4) is 0 Å². The summed E-state index contributed by atoms with van der Waals surface area (Å²) in [7, 11) is 0. The summed E-state index contributed by atoms with van der Waals surface area (Å²) in [5.74, 6) is 0.382. The molecule has 0 aliphatic rings. The summed E-state index contributed by atoms with van der Waals surface area (Å²) in [5, 5.41) is 0. The van der Waals surface area contributed by atoms with E-state index in [2.05, 4.69) is 13.8 Å². The lowest BCUT2D eigenvalue weighted by Crippen LogP contribution is -1.98. The lowest BCUT2D eigenvalue weighted by Gasteiger charge is -2.13. The molecule has 0 nitrogen and oxygen atoms in total. The number of halogens is 2.